The number of hydrogen-bond acceptors (Lipinski definition) is 7. The van der Waals surface area contributed by atoms with Crippen LogP contribution in [-0.4, -0.2) is 35.3 Å². The van der Waals surface area contributed by atoms with Gasteiger partial charge in [-0.25, -0.2) is 9.78 Å². The molecule has 0 aliphatic heterocycles. The summed E-state index contributed by atoms with van der Waals surface area (Å²) in [7, 11) is 0. The summed E-state index contributed by atoms with van der Waals surface area (Å²) < 4.78 is 5.44. The lowest BCUT2D eigenvalue weighted by atomic mass is 10.3. The summed E-state index contributed by atoms with van der Waals surface area (Å²) in [6.07, 6.45) is 0.110. The van der Waals surface area contributed by atoms with Gasteiger partial charge in [0.15, 0.2) is 4.34 Å². The first kappa shape index (κ1) is 15.4. The van der Waals surface area contributed by atoms with Crippen LogP contribution in [0.2, 0.25) is 0 Å². The van der Waals surface area contributed by atoms with Crippen molar-refractivity contribution in [3.05, 3.63) is 11.1 Å². The summed E-state index contributed by atoms with van der Waals surface area (Å²) in [4.78, 5) is 37.0. The van der Waals surface area contributed by atoms with Gasteiger partial charge in [-0.05, 0) is 6.92 Å². The lowest BCUT2D eigenvalue weighted by molar-refractivity contribution is -0.142. The molecule has 0 saturated heterocycles. The van der Waals surface area contributed by atoms with Gasteiger partial charge in [0.05, 0.1) is 24.5 Å². The number of carbonyl (C=O) groups excluding carboxylic acids is 3. The molecule has 1 aromatic rings. The monoisotopic (exact) mass is 303 g/mol. The SMILES string of the molecule is CCOC(=O)Cc1csc(SCC(=O)NC(N)=O)n1. The van der Waals surface area contributed by atoms with Gasteiger partial charge in [-0.1, -0.05) is 11.8 Å². The maximum Gasteiger partial charge on any atom is 0.318 e. The summed E-state index contributed by atoms with van der Waals surface area (Å²) >= 11 is 2.49. The second-order valence-electron chi connectivity index (χ2n) is 3.29. The normalized spacial score (nSPS) is 9.95. The summed E-state index contributed by atoms with van der Waals surface area (Å²) in [5.74, 6) is -0.787. The zero-order chi connectivity index (χ0) is 14.3. The molecule has 1 rings (SSSR count). The molecule has 3 N–H and O–H groups in total. The van der Waals surface area contributed by atoms with Crippen LogP contribution in [0.25, 0.3) is 0 Å². The molecule has 0 radical (unpaired) electrons. The van der Waals surface area contributed by atoms with Crippen molar-refractivity contribution in [3.8, 4) is 0 Å². The number of nitrogens with one attached hydrogen (secondary N) is 1. The average Bonchev–Trinajstić information content (AvgIpc) is 2.73. The number of thioether (sulfide) groups is 1. The Morgan fingerprint density at radius 1 is 1.53 bits per heavy atom. The van der Waals surface area contributed by atoms with Crippen LogP contribution >= 0.6 is 23.1 Å². The molecule has 0 unspecified atom stereocenters. The number of rotatable bonds is 6. The van der Waals surface area contributed by atoms with Crippen LogP contribution in [0.4, 0.5) is 4.79 Å². The van der Waals surface area contributed by atoms with E-state index in [0.29, 0.717) is 16.6 Å². The lowest BCUT2D eigenvalue weighted by Gasteiger charge is -1.99. The number of thiazole rings is 1. The van der Waals surface area contributed by atoms with Gasteiger partial charge in [0.25, 0.3) is 0 Å². The predicted octanol–water partition coefficient (Wildman–Crippen LogP) is 0.536. The first-order valence-corrected chi connectivity index (χ1v) is 7.20. The summed E-state index contributed by atoms with van der Waals surface area (Å²) in [5, 5.41) is 3.68. The molecule has 3 amide bonds. The van der Waals surface area contributed by atoms with Gasteiger partial charge < -0.3 is 10.5 Å². The van der Waals surface area contributed by atoms with E-state index in [1.54, 1.807) is 12.3 Å². The van der Waals surface area contributed by atoms with Crippen LogP contribution in [0.15, 0.2) is 9.72 Å². The van der Waals surface area contributed by atoms with Crippen molar-refractivity contribution >= 4 is 41.0 Å². The Labute approximate surface area is 117 Å². The van der Waals surface area contributed by atoms with Crippen LogP contribution in [-0.2, 0) is 20.7 Å². The summed E-state index contributed by atoms with van der Waals surface area (Å²) in [6, 6.07) is -0.882. The molecule has 0 aromatic carbocycles. The van der Waals surface area contributed by atoms with E-state index < -0.39 is 11.9 Å². The van der Waals surface area contributed by atoms with Crippen molar-refractivity contribution in [2.45, 2.75) is 17.7 Å². The Morgan fingerprint density at radius 2 is 2.26 bits per heavy atom. The Bertz CT molecular complexity index is 475. The summed E-state index contributed by atoms with van der Waals surface area (Å²) in [6.45, 7) is 2.06. The van der Waals surface area contributed by atoms with Crippen molar-refractivity contribution in [1.29, 1.82) is 0 Å². The summed E-state index contributed by atoms with van der Waals surface area (Å²) in [5.41, 5.74) is 5.40. The molecule has 0 aliphatic carbocycles. The predicted molar refractivity (Wildman–Crippen MR) is 70.9 cm³/mol. The van der Waals surface area contributed by atoms with E-state index in [2.05, 4.69) is 4.98 Å². The number of urea groups is 1. The molecule has 0 fully saturated rings. The van der Waals surface area contributed by atoms with Crippen molar-refractivity contribution in [1.82, 2.24) is 10.3 Å². The number of nitrogens with two attached hydrogens (primary N) is 1. The smallest absolute Gasteiger partial charge is 0.318 e. The van der Waals surface area contributed by atoms with E-state index in [1.807, 2.05) is 5.32 Å². The zero-order valence-corrected chi connectivity index (χ0v) is 11.8. The molecule has 1 heterocycles. The first-order valence-electron chi connectivity index (χ1n) is 5.33. The average molecular weight is 303 g/mol. The highest BCUT2D eigenvalue weighted by Crippen LogP contribution is 2.22. The topological polar surface area (TPSA) is 111 Å². The molecule has 0 atom stereocenters. The number of amides is 3. The van der Waals surface area contributed by atoms with E-state index in [0.717, 1.165) is 0 Å². The second kappa shape index (κ2) is 7.74. The van der Waals surface area contributed by atoms with Crippen LogP contribution in [0, 0.1) is 0 Å². The van der Waals surface area contributed by atoms with Crippen LogP contribution in [0.1, 0.15) is 12.6 Å². The number of imide groups is 1. The molecular weight excluding hydrogens is 290 g/mol. The van der Waals surface area contributed by atoms with E-state index in [1.165, 1.54) is 23.1 Å². The molecule has 19 heavy (non-hydrogen) atoms. The van der Waals surface area contributed by atoms with Gasteiger partial charge in [-0.3, -0.25) is 14.9 Å². The third-order valence-electron chi connectivity index (χ3n) is 1.75. The Hall–Kier alpha value is -1.61. The maximum atomic E-state index is 11.2. The molecule has 7 nitrogen and oxygen atoms in total. The van der Waals surface area contributed by atoms with Gasteiger partial charge >= 0.3 is 12.0 Å². The number of primary amides is 1. The van der Waals surface area contributed by atoms with Crippen molar-refractivity contribution in [2.24, 2.45) is 5.73 Å². The molecular formula is C10H13N3O4S2. The quantitative estimate of drug-likeness (QED) is 0.586. The maximum absolute atomic E-state index is 11.2. The fourth-order valence-electron chi connectivity index (χ4n) is 1.10. The highest BCUT2D eigenvalue weighted by molar-refractivity contribution is 8.01. The third-order valence-corrected chi connectivity index (χ3v) is 3.82. The van der Waals surface area contributed by atoms with Gasteiger partial charge in [0.2, 0.25) is 5.91 Å². The van der Waals surface area contributed by atoms with E-state index in [4.69, 9.17) is 10.5 Å². The number of carbonyl (C=O) groups is 3. The largest absolute Gasteiger partial charge is 0.466 e. The Balaban J connectivity index is 2.40. The van der Waals surface area contributed by atoms with Crippen LogP contribution < -0.4 is 11.1 Å². The lowest BCUT2D eigenvalue weighted by Crippen LogP contribution is -2.36. The minimum Gasteiger partial charge on any atom is -0.466 e. The van der Waals surface area contributed by atoms with Crippen LogP contribution in [0.5, 0.6) is 0 Å². The van der Waals surface area contributed by atoms with Crippen molar-refractivity contribution in [2.75, 3.05) is 12.4 Å². The van der Waals surface area contributed by atoms with E-state index in [9.17, 15) is 14.4 Å². The fraction of sp³-hybridized carbons (Fsp3) is 0.400. The second-order valence-corrected chi connectivity index (χ2v) is 5.37. The minimum absolute atomic E-state index is 0.0370. The Morgan fingerprint density at radius 3 is 2.89 bits per heavy atom. The molecule has 0 spiro atoms. The van der Waals surface area contributed by atoms with Gasteiger partial charge in [-0.2, -0.15) is 0 Å². The number of aromatic nitrogens is 1. The number of ether oxygens (including phenoxy) is 1. The molecule has 104 valence electrons. The van der Waals surface area contributed by atoms with E-state index >= 15 is 0 Å². The molecule has 0 bridgehead atoms. The third kappa shape index (κ3) is 6.20. The number of esters is 1. The first-order chi connectivity index (χ1) is 9.01. The zero-order valence-electron chi connectivity index (χ0n) is 10.2. The minimum atomic E-state index is -0.882. The molecule has 1 aromatic heterocycles. The van der Waals surface area contributed by atoms with Gasteiger partial charge in [-0.15, -0.1) is 11.3 Å². The highest BCUT2D eigenvalue weighted by atomic mass is 32.2. The highest BCUT2D eigenvalue weighted by Gasteiger charge is 2.10. The van der Waals surface area contributed by atoms with E-state index in [-0.39, 0.29) is 18.1 Å². The van der Waals surface area contributed by atoms with Crippen molar-refractivity contribution < 1.29 is 19.1 Å². The van der Waals surface area contributed by atoms with Gasteiger partial charge in [0, 0.05) is 5.38 Å². The van der Waals surface area contributed by atoms with Crippen molar-refractivity contribution in [3.63, 3.8) is 0 Å². The van der Waals surface area contributed by atoms with Crippen LogP contribution in [0.3, 0.4) is 0 Å². The molecule has 0 saturated carbocycles. The Kier molecular flexibility index (Phi) is 6.30. The number of nitrogens with zero attached hydrogens (tertiary/aromatic N) is 1. The van der Waals surface area contributed by atoms with Gasteiger partial charge in [0.1, 0.15) is 0 Å². The standard InChI is InChI=1S/C10H13N3O4S2/c1-2-17-8(15)3-6-4-18-10(12-6)19-5-7(14)13-9(11)16/h4H,2-3,5H2,1H3,(H3,11,13,14,16). The molecule has 9 heteroatoms. The number of hydrogen-bond donors (Lipinski definition) is 2. The molecule has 0 aliphatic rings. The fourth-order valence-corrected chi connectivity index (χ4v) is 2.74.